The van der Waals surface area contributed by atoms with E-state index in [1.165, 1.54) is 0 Å². The van der Waals surface area contributed by atoms with Crippen molar-refractivity contribution in [3.63, 3.8) is 0 Å². The van der Waals surface area contributed by atoms with Crippen molar-refractivity contribution in [2.75, 3.05) is 37.2 Å². The zero-order chi connectivity index (χ0) is 15.5. The van der Waals surface area contributed by atoms with Crippen molar-refractivity contribution in [1.82, 2.24) is 9.80 Å². The minimum atomic E-state index is 0.0538. The van der Waals surface area contributed by atoms with Gasteiger partial charge in [-0.25, -0.2) is 0 Å². The molecule has 0 rings (SSSR count). The highest BCUT2D eigenvalue weighted by Gasteiger charge is 2.13. The lowest BCUT2D eigenvalue weighted by Gasteiger charge is -2.23. The Kier molecular flexibility index (Phi) is 11.1. The predicted molar refractivity (Wildman–Crippen MR) is 86.8 cm³/mol. The highest BCUT2D eigenvalue weighted by molar-refractivity contribution is 8.03. The fourth-order valence-electron chi connectivity index (χ4n) is 1.45. The Morgan fingerprint density at radius 1 is 1.05 bits per heavy atom. The van der Waals surface area contributed by atoms with Gasteiger partial charge < -0.3 is 14.9 Å². The molecule has 0 bridgehead atoms. The van der Waals surface area contributed by atoms with E-state index in [-0.39, 0.29) is 23.7 Å². The molecule has 0 aliphatic carbocycles. The molecule has 2 amide bonds. The lowest BCUT2D eigenvalue weighted by molar-refractivity contribution is -0.128. The number of hydrogen-bond donors (Lipinski definition) is 1. The van der Waals surface area contributed by atoms with Gasteiger partial charge in [-0.1, -0.05) is 0 Å². The average Bonchev–Trinajstić information content (AvgIpc) is 2.40. The molecule has 5 nitrogen and oxygen atoms in total. The van der Waals surface area contributed by atoms with Crippen LogP contribution in [0.1, 0.15) is 27.7 Å². The second kappa shape index (κ2) is 11.3. The molecule has 1 unspecified atom stereocenters. The van der Waals surface area contributed by atoms with Crippen molar-refractivity contribution in [3.8, 4) is 0 Å². The van der Waals surface area contributed by atoms with Crippen LogP contribution in [0.15, 0.2) is 0 Å². The van der Waals surface area contributed by atoms with Gasteiger partial charge in [-0.2, -0.15) is 0 Å². The van der Waals surface area contributed by atoms with E-state index in [0.29, 0.717) is 24.8 Å². The van der Waals surface area contributed by atoms with Crippen LogP contribution in [0.3, 0.4) is 0 Å². The molecular formula is C13H26N2O3S2. The van der Waals surface area contributed by atoms with Crippen molar-refractivity contribution in [2.45, 2.75) is 32.9 Å². The van der Waals surface area contributed by atoms with Crippen LogP contribution in [-0.4, -0.2) is 69.2 Å². The maximum Gasteiger partial charge on any atom is 0.220 e. The molecular weight excluding hydrogens is 296 g/mol. The first-order valence-electron chi connectivity index (χ1n) is 6.77. The van der Waals surface area contributed by atoms with Crippen molar-refractivity contribution in [1.29, 1.82) is 0 Å². The normalized spacial score (nSPS) is 12.1. The van der Waals surface area contributed by atoms with Crippen molar-refractivity contribution >= 4 is 35.3 Å². The predicted octanol–water partition coefficient (Wildman–Crippen LogP) is 1.47. The molecule has 0 radical (unpaired) electrons. The Bertz CT molecular complexity index is 303. The van der Waals surface area contributed by atoms with Gasteiger partial charge in [0.2, 0.25) is 11.8 Å². The van der Waals surface area contributed by atoms with Crippen LogP contribution in [0.4, 0.5) is 0 Å². The zero-order valence-corrected chi connectivity index (χ0v) is 14.4. The number of hydrogen-bond acceptors (Lipinski definition) is 5. The number of amides is 2. The Morgan fingerprint density at radius 3 is 1.95 bits per heavy atom. The van der Waals surface area contributed by atoms with Crippen molar-refractivity contribution < 1.29 is 14.7 Å². The smallest absolute Gasteiger partial charge is 0.220 e. The second-order valence-corrected chi connectivity index (χ2v) is 6.61. The number of carbonyl (C=O) groups excluding carboxylic acids is 2. The molecule has 0 aromatic heterocycles. The summed E-state index contributed by atoms with van der Waals surface area (Å²) in [5.74, 6) is 2.13. The maximum absolute atomic E-state index is 11.3. The van der Waals surface area contributed by atoms with E-state index in [1.54, 1.807) is 47.2 Å². The number of aliphatic hydroxyl groups excluding tert-OH is 1. The molecule has 20 heavy (non-hydrogen) atoms. The van der Waals surface area contributed by atoms with Crippen molar-refractivity contribution in [2.24, 2.45) is 0 Å². The molecule has 0 heterocycles. The van der Waals surface area contributed by atoms with Gasteiger partial charge in [0.1, 0.15) is 0 Å². The molecule has 0 aliphatic heterocycles. The molecule has 1 atom stereocenters. The average molecular weight is 322 g/mol. The summed E-state index contributed by atoms with van der Waals surface area (Å²) in [7, 11) is 0. The summed E-state index contributed by atoms with van der Waals surface area (Å²) >= 11 is 3.22. The van der Waals surface area contributed by atoms with Gasteiger partial charge in [-0.15, -0.1) is 23.5 Å². The first kappa shape index (κ1) is 19.6. The second-order valence-electron chi connectivity index (χ2n) is 4.35. The highest BCUT2D eigenvalue weighted by atomic mass is 32.2. The number of aliphatic hydroxyl groups is 1. The van der Waals surface area contributed by atoms with Gasteiger partial charge in [-0.3, -0.25) is 9.59 Å². The highest BCUT2D eigenvalue weighted by Crippen LogP contribution is 2.18. The monoisotopic (exact) mass is 322 g/mol. The molecule has 0 aliphatic rings. The third-order valence-corrected chi connectivity index (χ3v) is 5.47. The minimum absolute atomic E-state index is 0.0538. The molecule has 0 fully saturated rings. The standard InChI is InChI=1S/C13H26N2O3S2/c1-5-14(11(3)17)9-19-8-13(7-16)20-10-15(6-2)12(4)18/h13,16H,5-10H2,1-4H3. The van der Waals surface area contributed by atoms with Crippen LogP contribution in [0.5, 0.6) is 0 Å². The number of carbonyl (C=O) groups is 2. The summed E-state index contributed by atoms with van der Waals surface area (Å²) in [6, 6.07) is 0. The van der Waals surface area contributed by atoms with Gasteiger partial charge in [0.15, 0.2) is 0 Å². The summed E-state index contributed by atoms with van der Waals surface area (Å²) < 4.78 is 0. The third kappa shape index (κ3) is 8.01. The van der Waals surface area contributed by atoms with E-state index in [0.717, 1.165) is 5.75 Å². The van der Waals surface area contributed by atoms with Gasteiger partial charge in [0, 0.05) is 37.9 Å². The van der Waals surface area contributed by atoms with E-state index in [1.807, 2.05) is 13.8 Å². The Labute approximate surface area is 130 Å². The number of rotatable bonds is 10. The molecule has 0 spiro atoms. The summed E-state index contributed by atoms with van der Waals surface area (Å²) in [5, 5.41) is 9.45. The molecule has 0 aromatic carbocycles. The van der Waals surface area contributed by atoms with Crippen LogP contribution in [0.2, 0.25) is 0 Å². The zero-order valence-electron chi connectivity index (χ0n) is 12.8. The molecule has 118 valence electrons. The lowest BCUT2D eigenvalue weighted by atomic mass is 10.5. The number of nitrogens with zero attached hydrogens (tertiary/aromatic N) is 2. The van der Waals surface area contributed by atoms with Gasteiger partial charge in [0.25, 0.3) is 0 Å². The van der Waals surface area contributed by atoms with E-state index in [2.05, 4.69) is 0 Å². The molecule has 0 saturated heterocycles. The van der Waals surface area contributed by atoms with E-state index in [9.17, 15) is 14.7 Å². The van der Waals surface area contributed by atoms with Crippen molar-refractivity contribution in [3.05, 3.63) is 0 Å². The summed E-state index contributed by atoms with van der Waals surface area (Å²) in [6.07, 6.45) is 0. The Morgan fingerprint density at radius 2 is 1.55 bits per heavy atom. The summed E-state index contributed by atoms with van der Waals surface area (Å²) in [4.78, 5) is 26.1. The SMILES string of the molecule is CCN(CSCC(CO)SCN(CC)C(C)=O)C(C)=O. The summed E-state index contributed by atoms with van der Waals surface area (Å²) in [6.45, 7) is 8.48. The quantitative estimate of drug-likeness (QED) is 0.617. The summed E-state index contributed by atoms with van der Waals surface area (Å²) in [5.41, 5.74) is 0. The maximum atomic E-state index is 11.3. The van der Waals surface area contributed by atoms with E-state index < -0.39 is 0 Å². The fourth-order valence-corrected chi connectivity index (χ4v) is 4.05. The van der Waals surface area contributed by atoms with Gasteiger partial charge in [-0.05, 0) is 13.8 Å². The van der Waals surface area contributed by atoms with Crippen LogP contribution in [0, 0.1) is 0 Å². The Hall–Kier alpha value is -0.400. The third-order valence-electron chi connectivity index (χ3n) is 2.87. The Balaban J connectivity index is 4.03. The molecule has 7 heteroatoms. The first-order chi connectivity index (χ1) is 9.46. The first-order valence-corrected chi connectivity index (χ1v) is 8.97. The van der Waals surface area contributed by atoms with Gasteiger partial charge in [0.05, 0.1) is 18.4 Å². The molecule has 0 aromatic rings. The van der Waals surface area contributed by atoms with Crippen LogP contribution >= 0.6 is 23.5 Å². The molecule has 0 saturated carbocycles. The minimum Gasteiger partial charge on any atom is -0.395 e. The lowest BCUT2D eigenvalue weighted by Crippen LogP contribution is -2.30. The van der Waals surface area contributed by atoms with E-state index in [4.69, 9.17) is 0 Å². The molecule has 1 N–H and O–H groups in total. The van der Waals surface area contributed by atoms with E-state index >= 15 is 0 Å². The van der Waals surface area contributed by atoms with Crippen LogP contribution in [0.25, 0.3) is 0 Å². The van der Waals surface area contributed by atoms with Crippen LogP contribution < -0.4 is 0 Å². The van der Waals surface area contributed by atoms with Gasteiger partial charge >= 0.3 is 0 Å². The largest absolute Gasteiger partial charge is 0.395 e. The fraction of sp³-hybridized carbons (Fsp3) is 0.846. The number of thioether (sulfide) groups is 2. The topological polar surface area (TPSA) is 60.9 Å². The van der Waals surface area contributed by atoms with Crippen LogP contribution in [-0.2, 0) is 9.59 Å².